The normalized spacial score (nSPS) is 15.4. The third kappa shape index (κ3) is 7.15. The molecule has 0 radical (unpaired) electrons. The summed E-state index contributed by atoms with van der Waals surface area (Å²) in [4.78, 5) is 7.18. The molecule has 0 unspecified atom stereocenters. The SMILES string of the molecule is CCNC(=NCc1ccc(CN2CCOCC2)cc1)NCCCn1nc(C)cc1C. The molecule has 7 nitrogen and oxygen atoms in total. The highest BCUT2D eigenvalue weighted by atomic mass is 16.5. The quantitative estimate of drug-likeness (QED) is 0.376. The first-order valence-corrected chi connectivity index (χ1v) is 11.0. The summed E-state index contributed by atoms with van der Waals surface area (Å²) in [6, 6.07) is 10.9. The van der Waals surface area contributed by atoms with Crippen LogP contribution in [0.2, 0.25) is 0 Å². The van der Waals surface area contributed by atoms with Crippen molar-refractivity contribution in [2.45, 2.75) is 46.8 Å². The Kier molecular flexibility index (Phi) is 8.71. The summed E-state index contributed by atoms with van der Waals surface area (Å²) >= 11 is 0. The topological polar surface area (TPSA) is 66.7 Å². The number of ether oxygens (including phenoxy) is 1. The fourth-order valence-electron chi connectivity index (χ4n) is 3.62. The van der Waals surface area contributed by atoms with Crippen molar-refractivity contribution in [1.82, 2.24) is 25.3 Å². The molecule has 0 saturated carbocycles. The molecule has 2 N–H and O–H groups in total. The van der Waals surface area contributed by atoms with E-state index in [2.05, 4.69) is 69.5 Å². The van der Waals surface area contributed by atoms with E-state index in [1.165, 1.54) is 16.8 Å². The second kappa shape index (κ2) is 11.7. The van der Waals surface area contributed by atoms with Gasteiger partial charge in [0.1, 0.15) is 0 Å². The highest BCUT2D eigenvalue weighted by Crippen LogP contribution is 2.10. The molecule has 1 aromatic heterocycles. The van der Waals surface area contributed by atoms with Gasteiger partial charge in [0.15, 0.2) is 5.96 Å². The molecule has 1 aromatic carbocycles. The van der Waals surface area contributed by atoms with Gasteiger partial charge in [0.25, 0.3) is 0 Å². The Bertz CT molecular complexity index is 793. The summed E-state index contributed by atoms with van der Waals surface area (Å²) < 4.78 is 7.49. The number of aromatic nitrogens is 2. The molecule has 1 fully saturated rings. The van der Waals surface area contributed by atoms with Gasteiger partial charge in [-0.1, -0.05) is 24.3 Å². The van der Waals surface area contributed by atoms with Crippen LogP contribution in [0.5, 0.6) is 0 Å². The molecule has 0 bridgehead atoms. The van der Waals surface area contributed by atoms with E-state index in [9.17, 15) is 0 Å². The van der Waals surface area contributed by atoms with Crippen molar-refractivity contribution in [1.29, 1.82) is 0 Å². The van der Waals surface area contributed by atoms with Gasteiger partial charge < -0.3 is 15.4 Å². The van der Waals surface area contributed by atoms with Gasteiger partial charge in [-0.2, -0.15) is 5.10 Å². The lowest BCUT2D eigenvalue weighted by molar-refractivity contribution is 0.0342. The van der Waals surface area contributed by atoms with Gasteiger partial charge >= 0.3 is 0 Å². The van der Waals surface area contributed by atoms with Crippen molar-refractivity contribution in [2.24, 2.45) is 4.99 Å². The maximum atomic E-state index is 5.42. The van der Waals surface area contributed by atoms with Crippen LogP contribution >= 0.6 is 0 Å². The number of hydrogen-bond donors (Lipinski definition) is 2. The van der Waals surface area contributed by atoms with Crippen LogP contribution in [0.25, 0.3) is 0 Å². The van der Waals surface area contributed by atoms with Crippen LogP contribution in [0.4, 0.5) is 0 Å². The average molecular weight is 413 g/mol. The van der Waals surface area contributed by atoms with Crippen LogP contribution in [0.3, 0.4) is 0 Å². The van der Waals surface area contributed by atoms with E-state index < -0.39 is 0 Å². The fraction of sp³-hybridized carbons (Fsp3) is 0.565. The number of aliphatic imine (C=N–C) groups is 1. The van der Waals surface area contributed by atoms with E-state index in [4.69, 9.17) is 9.73 Å². The predicted molar refractivity (Wildman–Crippen MR) is 122 cm³/mol. The summed E-state index contributed by atoms with van der Waals surface area (Å²) in [6.45, 7) is 14.2. The van der Waals surface area contributed by atoms with Gasteiger partial charge in [-0.3, -0.25) is 9.58 Å². The van der Waals surface area contributed by atoms with Crippen LogP contribution in [0, 0.1) is 13.8 Å². The number of morpholine rings is 1. The summed E-state index contributed by atoms with van der Waals surface area (Å²) in [6.07, 6.45) is 1.00. The summed E-state index contributed by atoms with van der Waals surface area (Å²) in [5.74, 6) is 0.864. The molecule has 1 saturated heterocycles. The van der Waals surface area contributed by atoms with Crippen LogP contribution in [-0.2, 0) is 24.4 Å². The maximum absolute atomic E-state index is 5.42. The second-order valence-corrected chi connectivity index (χ2v) is 7.83. The Morgan fingerprint density at radius 1 is 1.10 bits per heavy atom. The van der Waals surface area contributed by atoms with Gasteiger partial charge in [-0.25, -0.2) is 4.99 Å². The number of hydrogen-bond acceptors (Lipinski definition) is 4. The first kappa shape index (κ1) is 22.3. The van der Waals surface area contributed by atoms with Gasteiger partial charge in [-0.05, 0) is 44.4 Å². The number of nitrogens with zero attached hydrogens (tertiary/aromatic N) is 4. The Morgan fingerprint density at radius 2 is 1.83 bits per heavy atom. The molecule has 0 aliphatic carbocycles. The van der Waals surface area contributed by atoms with Crippen molar-refractivity contribution < 1.29 is 4.74 Å². The molecule has 0 atom stereocenters. The Hall–Kier alpha value is -2.38. The summed E-state index contributed by atoms with van der Waals surface area (Å²) in [5.41, 5.74) is 4.86. The fourth-order valence-corrected chi connectivity index (χ4v) is 3.62. The van der Waals surface area contributed by atoms with E-state index in [0.29, 0.717) is 6.54 Å². The average Bonchev–Trinajstić information content (AvgIpc) is 3.08. The first-order chi connectivity index (χ1) is 14.6. The Morgan fingerprint density at radius 3 is 2.50 bits per heavy atom. The molecular formula is C23H36N6O. The molecule has 2 heterocycles. The highest BCUT2D eigenvalue weighted by molar-refractivity contribution is 5.79. The lowest BCUT2D eigenvalue weighted by Crippen LogP contribution is -2.38. The monoisotopic (exact) mass is 412 g/mol. The molecule has 3 rings (SSSR count). The van der Waals surface area contributed by atoms with Crippen LogP contribution in [0.15, 0.2) is 35.3 Å². The molecule has 1 aliphatic rings. The van der Waals surface area contributed by atoms with E-state index >= 15 is 0 Å². The summed E-state index contributed by atoms with van der Waals surface area (Å²) in [7, 11) is 0. The van der Waals surface area contributed by atoms with Crippen molar-refractivity contribution in [3.8, 4) is 0 Å². The minimum atomic E-state index is 0.671. The molecular weight excluding hydrogens is 376 g/mol. The molecule has 0 spiro atoms. The molecule has 7 heteroatoms. The van der Waals surface area contributed by atoms with Crippen LogP contribution in [0.1, 0.15) is 35.9 Å². The van der Waals surface area contributed by atoms with E-state index in [1.54, 1.807) is 0 Å². The first-order valence-electron chi connectivity index (χ1n) is 11.0. The zero-order chi connectivity index (χ0) is 21.2. The molecule has 2 aromatic rings. The van der Waals surface area contributed by atoms with Gasteiger partial charge in [0.05, 0.1) is 25.5 Å². The number of guanidine groups is 1. The zero-order valence-electron chi connectivity index (χ0n) is 18.7. The summed E-state index contributed by atoms with van der Waals surface area (Å²) in [5, 5.41) is 11.3. The minimum Gasteiger partial charge on any atom is -0.379 e. The standard InChI is InChI=1S/C23H36N6O/c1-4-24-23(25-10-5-11-29-20(3)16-19(2)27-29)26-17-21-6-8-22(9-7-21)18-28-12-14-30-15-13-28/h6-9,16H,4-5,10-15,17-18H2,1-3H3,(H2,24,25,26). The number of aryl methyl sites for hydroxylation is 3. The Labute approximate surface area is 180 Å². The third-order valence-electron chi connectivity index (χ3n) is 5.24. The molecule has 30 heavy (non-hydrogen) atoms. The predicted octanol–water partition coefficient (Wildman–Crippen LogP) is 2.48. The van der Waals surface area contributed by atoms with Crippen molar-refractivity contribution in [2.75, 3.05) is 39.4 Å². The largest absolute Gasteiger partial charge is 0.379 e. The number of benzene rings is 1. The second-order valence-electron chi connectivity index (χ2n) is 7.83. The maximum Gasteiger partial charge on any atom is 0.191 e. The van der Waals surface area contributed by atoms with E-state index in [0.717, 1.165) is 70.6 Å². The van der Waals surface area contributed by atoms with Gasteiger partial charge in [-0.15, -0.1) is 0 Å². The lowest BCUT2D eigenvalue weighted by atomic mass is 10.1. The smallest absolute Gasteiger partial charge is 0.191 e. The van der Waals surface area contributed by atoms with Crippen LogP contribution in [-0.4, -0.2) is 60.0 Å². The minimum absolute atomic E-state index is 0.671. The van der Waals surface area contributed by atoms with Crippen molar-refractivity contribution in [3.05, 3.63) is 52.8 Å². The van der Waals surface area contributed by atoms with Crippen LogP contribution < -0.4 is 10.6 Å². The van der Waals surface area contributed by atoms with Gasteiger partial charge in [0, 0.05) is 45.0 Å². The lowest BCUT2D eigenvalue weighted by Gasteiger charge is -2.26. The Balaban J connectivity index is 1.44. The number of nitrogens with one attached hydrogen (secondary N) is 2. The van der Waals surface area contributed by atoms with E-state index in [1.807, 2.05) is 6.92 Å². The molecule has 164 valence electrons. The molecule has 1 aliphatic heterocycles. The molecule has 0 amide bonds. The highest BCUT2D eigenvalue weighted by Gasteiger charge is 2.10. The van der Waals surface area contributed by atoms with Crippen molar-refractivity contribution >= 4 is 5.96 Å². The zero-order valence-corrected chi connectivity index (χ0v) is 18.7. The third-order valence-corrected chi connectivity index (χ3v) is 5.24. The van der Waals surface area contributed by atoms with Crippen molar-refractivity contribution in [3.63, 3.8) is 0 Å². The number of rotatable bonds is 9. The van der Waals surface area contributed by atoms with Gasteiger partial charge in [0.2, 0.25) is 0 Å². The van der Waals surface area contributed by atoms with E-state index in [-0.39, 0.29) is 0 Å².